The second kappa shape index (κ2) is 9.11. The zero-order valence-corrected chi connectivity index (χ0v) is 17.4. The van der Waals surface area contributed by atoms with E-state index in [0.29, 0.717) is 34.5 Å². The highest BCUT2D eigenvalue weighted by Crippen LogP contribution is 2.38. The van der Waals surface area contributed by atoms with Crippen molar-refractivity contribution in [3.63, 3.8) is 0 Å². The van der Waals surface area contributed by atoms with Crippen molar-refractivity contribution >= 4 is 5.91 Å². The van der Waals surface area contributed by atoms with Crippen LogP contribution < -0.4 is 10.9 Å². The maximum Gasteiger partial charge on any atom is 0.256 e. The molecule has 0 aliphatic heterocycles. The van der Waals surface area contributed by atoms with Gasteiger partial charge >= 0.3 is 0 Å². The van der Waals surface area contributed by atoms with Crippen molar-refractivity contribution in [3.8, 4) is 39.6 Å². The van der Waals surface area contributed by atoms with Crippen molar-refractivity contribution in [1.29, 1.82) is 5.26 Å². The normalized spacial score (nSPS) is 10.4. The molecule has 0 aliphatic carbocycles. The van der Waals surface area contributed by atoms with Gasteiger partial charge in [0.25, 0.3) is 5.56 Å². The number of hydrogen-bond acceptors (Lipinski definition) is 4. The number of carbonyl (C=O) groups excluding carboxylic acids is 1. The first kappa shape index (κ1) is 20.8. The van der Waals surface area contributed by atoms with Crippen LogP contribution in [0.3, 0.4) is 0 Å². The minimum atomic E-state index is -0.297. The summed E-state index contributed by atoms with van der Waals surface area (Å²) in [5.41, 5.74) is 4.87. The molecule has 2 aromatic carbocycles. The molecule has 0 saturated carbocycles. The smallest absolute Gasteiger partial charge is 0.256 e. The van der Waals surface area contributed by atoms with Crippen LogP contribution in [-0.4, -0.2) is 15.9 Å². The van der Waals surface area contributed by atoms with Gasteiger partial charge in [-0.15, -0.1) is 0 Å². The van der Waals surface area contributed by atoms with Gasteiger partial charge in [-0.05, 0) is 35.4 Å². The first-order chi connectivity index (χ1) is 15.6. The summed E-state index contributed by atoms with van der Waals surface area (Å²) in [6, 6.07) is 22.5. The van der Waals surface area contributed by atoms with Gasteiger partial charge in [-0.2, -0.15) is 5.26 Å². The Balaban J connectivity index is 2.03. The van der Waals surface area contributed by atoms with Gasteiger partial charge in [0.2, 0.25) is 5.91 Å². The highest BCUT2D eigenvalue weighted by molar-refractivity contribution is 5.94. The Bertz CT molecular complexity index is 1390. The Morgan fingerprint density at radius 3 is 2.59 bits per heavy atom. The standard InChI is InChI=1S/C26H20N4O2/c1-17(31)29-15-18-7-6-9-19(13-18)24-22(23-11-4-5-12-28-23)16-30-26(32)25(24)21-10-3-2-8-20(21)14-27/h2-13,16H,15H2,1H3,(H,29,31)(H,30,32). The summed E-state index contributed by atoms with van der Waals surface area (Å²) in [6.07, 6.45) is 3.35. The van der Waals surface area contributed by atoms with Crippen LogP contribution in [0.4, 0.5) is 0 Å². The molecule has 0 unspecified atom stereocenters. The average molecular weight is 420 g/mol. The first-order valence-corrected chi connectivity index (χ1v) is 10.1. The fourth-order valence-corrected chi connectivity index (χ4v) is 3.67. The van der Waals surface area contributed by atoms with Gasteiger partial charge in [0.1, 0.15) is 0 Å². The van der Waals surface area contributed by atoms with E-state index in [9.17, 15) is 14.9 Å². The molecule has 1 amide bonds. The molecule has 2 heterocycles. The molecule has 0 bridgehead atoms. The van der Waals surface area contributed by atoms with Crippen molar-refractivity contribution in [1.82, 2.24) is 15.3 Å². The lowest BCUT2D eigenvalue weighted by Gasteiger charge is -2.16. The number of benzene rings is 2. The predicted octanol–water partition coefficient (Wildman–Crippen LogP) is 4.28. The first-order valence-electron chi connectivity index (χ1n) is 10.1. The minimum Gasteiger partial charge on any atom is -0.352 e. The number of nitrogens with zero attached hydrogens (tertiary/aromatic N) is 2. The molecular formula is C26H20N4O2. The SMILES string of the molecule is CC(=O)NCc1cccc(-c2c(-c3ccccn3)c[nH]c(=O)c2-c2ccccc2C#N)c1. The third kappa shape index (κ3) is 4.18. The highest BCUT2D eigenvalue weighted by Gasteiger charge is 2.20. The van der Waals surface area contributed by atoms with E-state index in [0.717, 1.165) is 16.7 Å². The van der Waals surface area contributed by atoms with Crippen LogP contribution in [0.15, 0.2) is 83.9 Å². The van der Waals surface area contributed by atoms with E-state index in [4.69, 9.17) is 0 Å². The Morgan fingerprint density at radius 1 is 1.03 bits per heavy atom. The summed E-state index contributed by atoms with van der Waals surface area (Å²) in [4.78, 5) is 31.8. The third-order valence-electron chi connectivity index (χ3n) is 5.11. The second-order valence-corrected chi connectivity index (χ2v) is 7.26. The van der Waals surface area contributed by atoms with Gasteiger partial charge in [0.15, 0.2) is 0 Å². The van der Waals surface area contributed by atoms with E-state index >= 15 is 0 Å². The summed E-state index contributed by atoms with van der Waals surface area (Å²) in [6.45, 7) is 1.84. The number of nitriles is 1. The second-order valence-electron chi connectivity index (χ2n) is 7.26. The Hall–Kier alpha value is -4.50. The molecule has 0 radical (unpaired) electrons. The number of carbonyl (C=O) groups is 1. The molecule has 0 aliphatic rings. The molecular weight excluding hydrogens is 400 g/mol. The Morgan fingerprint density at radius 2 is 1.84 bits per heavy atom. The van der Waals surface area contributed by atoms with Crippen LogP contribution in [0.25, 0.3) is 33.5 Å². The highest BCUT2D eigenvalue weighted by atomic mass is 16.1. The van der Waals surface area contributed by atoms with Crippen molar-refractivity contribution in [3.05, 3.63) is 101 Å². The van der Waals surface area contributed by atoms with E-state index in [1.54, 1.807) is 36.7 Å². The number of amides is 1. The lowest BCUT2D eigenvalue weighted by Crippen LogP contribution is -2.18. The maximum absolute atomic E-state index is 13.1. The molecule has 0 spiro atoms. The molecule has 4 aromatic rings. The summed E-state index contributed by atoms with van der Waals surface area (Å²) < 4.78 is 0. The predicted molar refractivity (Wildman–Crippen MR) is 123 cm³/mol. The summed E-state index contributed by atoms with van der Waals surface area (Å²) in [5.74, 6) is -0.121. The Labute approximate surface area is 185 Å². The zero-order valence-electron chi connectivity index (χ0n) is 17.4. The largest absolute Gasteiger partial charge is 0.352 e. The van der Waals surface area contributed by atoms with E-state index in [1.165, 1.54) is 6.92 Å². The topological polar surface area (TPSA) is 98.6 Å². The molecule has 156 valence electrons. The number of aromatic nitrogens is 2. The summed E-state index contributed by atoms with van der Waals surface area (Å²) in [5, 5.41) is 12.5. The fraction of sp³-hybridized carbons (Fsp3) is 0.0769. The van der Waals surface area contributed by atoms with Crippen molar-refractivity contribution in [2.24, 2.45) is 0 Å². The Kier molecular flexibility index (Phi) is 5.91. The van der Waals surface area contributed by atoms with E-state index in [-0.39, 0.29) is 11.5 Å². The van der Waals surface area contributed by atoms with Crippen LogP contribution >= 0.6 is 0 Å². The molecule has 0 saturated heterocycles. The van der Waals surface area contributed by atoms with Crippen molar-refractivity contribution in [2.75, 3.05) is 0 Å². The molecule has 2 aromatic heterocycles. The number of aromatic amines is 1. The van der Waals surface area contributed by atoms with Crippen LogP contribution in [-0.2, 0) is 11.3 Å². The quantitative estimate of drug-likeness (QED) is 0.503. The number of pyridine rings is 2. The molecule has 0 fully saturated rings. The summed E-state index contributed by atoms with van der Waals surface area (Å²) >= 11 is 0. The number of rotatable bonds is 5. The zero-order chi connectivity index (χ0) is 22.5. The van der Waals surface area contributed by atoms with Gasteiger partial charge in [0, 0.05) is 42.6 Å². The van der Waals surface area contributed by atoms with Gasteiger partial charge < -0.3 is 10.3 Å². The maximum atomic E-state index is 13.1. The number of hydrogen-bond donors (Lipinski definition) is 2. The van der Waals surface area contributed by atoms with Gasteiger partial charge in [0.05, 0.1) is 22.9 Å². The third-order valence-corrected chi connectivity index (χ3v) is 5.11. The number of nitrogens with one attached hydrogen (secondary N) is 2. The van der Waals surface area contributed by atoms with Crippen molar-refractivity contribution in [2.45, 2.75) is 13.5 Å². The molecule has 32 heavy (non-hydrogen) atoms. The van der Waals surface area contributed by atoms with E-state index in [2.05, 4.69) is 21.4 Å². The van der Waals surface area contributed by atoms with Crippen LogP contribution in [0.1, 0.15) is 18.1 Å². The lowest BCUT2D eigenvalue weighted by atomic mass is 9.88. The van der Waals surface area contributed by atoms with Gasteiger partial charge in [-0.25, -0.2) is 0 Å². The number of H-pyrrole nitrogens is 1. The van der Waals surface area contributed by atoms with Gasteiger partial charge in [-0.3, -0.25) is 14.6 Å². The minimum absolute atomic E-state index is 0.121. The fourth-order valence-electron chi connectivity index (χ4n) is 3.67. The monoisotopic (exact) mass is 420 g/mol. The van der Waals surface area contributed by atoms with E-state index < -0.39 is 0 Å². The van der Waals surface area contributed by atoms with E-state index in [1.807, 2.05) is 42.5 Å². The average Bonchev–Trinajstić information content (AvgIpc) is 2.83. The summed E-state index contributed by atoms with van der Waals surface area (Å²) in [7, 11) is 0. The van der Waals surface area contributed by atoms with Crippen LogP contribution in [0.5, 0.6) is 0 Å². The molecule has 4 rings (SSSR count). The molecule has 0 atom stereocenters. The molecule has 6 heteroatoms. The lowest BCUT2D eigenvalue weighted by molar-refractivity contribution is -0.119. The van der Waals surface area contributed by atoms with Crippen molar-refractivity contribution < 1.29 is 4.79 Å². The molecule has 6 nitrogen and oxygen atoms in total. The molecule has 2 N–H and O–H groups in total. The van der Waals surface area contributed by atoms with Crippen LogP contribution in [0.2, 0.25) is 0 Å². The van der Waals surface area contributed by atoms with Crippen LogP contribution in [0, 0.1) is 11.3 Å². The van der Waals surface area contributed by atoms with Gasteiger partial charge in [-0.1, -0.05) is 42.5 Å².